The molecule has 0 saturated heterocycles. The third kappa shape index (κ3) is 4.11. The molecule has 1 aromatic carbocycles. The molecule has 0 spiro atoms. The van der Waals surface area contributed by atoms with E-state index in [9.17, 15) is 21.6 Å². The van der Waals surface area contributed by atoms with Crippen LogP contribution in [0, 0.1) is 0 Å². The van der Waals surface area contributed by atoms with E-state index in [1.165, 1.54) is 18.2 Å². The van der Waals surface area contributed by atoms with E-state index in [0.717, 1.165) is 6.07 Å². The Morgan fingerprint density at radius 2 is 1.85 bits per heavy atom. The topological polar surface area (TPSA) is 55.4 Å². The SMILES string of the molecule is CC(C)NCCOc1ccccc1S(=O)(=O)C(F)(F)F. The number of hydrogen-bond donors (Lipinski definition) is 1. The van der Waals surface area contributed by atoms with Crippen LogP contribution in [0.3, 0.4) is 0 Å². The first-order chi connectivity index (χ1) is 9.16. The Bertz CT molecular complexity index is 541. The molecule has 0 heterocycles. The largest absolute Gasteiger partial charge is 0.502 e. The van der Waals surface area contributed by atoms with Gasteiger partial charge >= 0.3 is 5.51 Å². The van der Waals surface area contributed by atoms with Gasteiger partial charge in [0, 0.05) is 12.6 Å². The van der Waals surface area contributed by atoms with Crippen LogP contribution in [0.25, 0.3) is 0 Å². The summed E-state index contributed by atoms with van der Waals surface area (Å²) in [5.41, 5.74) is -5.34. The van der Waals surface area contributed by atoms with Gasteiger partial charge in [0.2, 0.25) is 0 Å². The lowest BCUT2D eigenvalue weighted by Gasteiger charge is -2.14. The number of alkyl halides is 3. The molecule has 4 nitrogen and oxygen atoms in total. The van der Waals surface area contributed by atoms with Gasteiger partial charge in [-0.15, -0.1) is 0 Å². The minimum absolute atomic E-state index is 0.0720. The molecule has 0 aliphatic heterocycles. The van der Waals surface area contributed by atoms with Crippen LogP contribution in [-0.2, 0) is 9.84 Å². The molecule has 0 aliphatic carbocycles. The highest BCUT2D eigenvalue weighted by Crippen LogP contribution is 2.35. The molecule has 0 fully saturated rings. The zero-order valence-electron chi connectivity index (χ0n) is 11.1. The maximum atomic E-state index is 12.5. The Morgan fingerprint density at radius 1 is 1.25 bits per heavy atom. The lowest BCUT2D eigenvalue weighted by molar-refractivity contribution is -0.0437. The summed E-state index contributed by atoms with van der Waals surface area (Å²) >= 11 is 0. The smallest absolute Gasteiger partial charge is 0.491 e. The highest BCUT2D eigenvalue weighted by molar-refractivity contribution is 7.92. The summed E-state index contributed by atoms with van der Waals surface area (Å²) in [7, 11) is -5.41. The molecule has 20 heavy (non-hydrogen) atoms. The number of rotatable bonds is 6. The predicted molar refractivity (Wildman–Crippen MR) is 68.3 cm³/mol. The second-order valence-corrected chi connectivity index (χ2v) is 6.26. The average molecular weight is 311 g/mol. The van der Waals surface area contributed by atoms with Gasteiger partial charge in [0.15, 0.2) is 0 Å². The fraction of sp³-hybridized carbons (Fsp3) is 0.500. The fourth-order valence-electron chi connectivity index (χ4n) is 1.42. The van der Waals surface area contributed by atoms with Crippen LogP contribution >= 0.6 is 0 Å². The third-order valence-electron chi connectivity index (χ3n) is 2.36. The minimum Gasteiger partial charge on any atom is -0.491 e. The quantitative estimate of drug-likeness (QED) is 0.820. The van der Waals surface area contributed by atoms with Gasteiger partial charge in [-0.05, 0) is 12.1 Å². The summed E-state index contributed by atoms with van der Waals surface area (Å²) in [6.45, 7) is 4.28. The number of ether oxygens (including phenoxy) is 1. The highest BCUT2D eigenvalue weighted by atomic mass is 32.2. The van der Waals surface area contributed by atoms with Crippen LogP contribution in [0.5, 0.6) is 5.75 Å². The maximum absolute atomic E-state index is 12.5. The van der Waals surface area contributed by atoms with E-state index in [1.807, 2.05) is 13.8 Å². The lowest BCUT2D eigenvalue weighted by atomic mass is 10.3. The minimum atomic E-state index is -5.41. The second kappa shape index (κ2) is 6.45. The number of nitrogens with one attached hydrogen (secondary N) is 1. The molecule has 0 aromatic heterocycles. The van der Waals surface area contributed by atoms with E-state index in [0.29, 0.717) is 6.54 Å². The lowest BCUT2D eigenvalue weighted by Crippen LogP contribution is -2.28. The van der Waals surface area contributed by atoms with Gasteiger partial charge in [-0.1, -0.05) is 26.0 Å². The van der Waals surface area contributed by atoms with Crippen molar-refractivity contribution in [1.29, 1.82) is 0 Å². The third-order valence-corrected chi connectivity index (χ3v) is 3.88. The predicted octanol–water partition coefficient (Wildman–Crippen LogP) is 2.36. The van der Waals surface area contributed by atoms with Gasteiger partial charge in [-0.3, -0.25) is 0 Å². The Hall–Kier alpha value is -1.28. The van der Waals surface area contributed by atoms with Crippen molar-refractivity contribution in [3.8, 4) is 5.75 Å². The van der Waals surface area contributed by atoms with Gasteiger partial charge < -0.3 is 10.1 Å². The van der Waals surface area contributed by atoms with Crippen molar-refractivity contribution >= 4 is 9.84 Å². The van der Waals surface area contributed by atoms with Gasteiger partial charge in [0.1, 0.15) is 17.3 Å². The second-order valence-electron chi connectivity index (χ2n) is 4.35. The molecule has 8 heteroatoms. The van der Waals surface area contributed by atoms with Crippen LogP contribution in [-0.4, -0.2) is 33.1 Å². The first kappa shape index (κ1) is 16.8. The van der Waals surface area contributed by atoms with Crippen molar-refractivity contribution in [2.24, 2.45) is 0 Å². The van der Waals surface area contributed by atoms with Gasteiger partial charge in [0.25, 0.3) is 9.84 Å². The molecule has 1 N–H and O–H groups in total. The summed E-state index contributed by atoms with van der Waals surface area (Å²) in [5.74, 6) is -0.296. The summed E-state index contributed by atoms with van der Waals surface area (Å²) < 4.78 is 65.5. The molecule has 0 saturated carbocycles. The molecule has 0 amide bonds. The first-order valence-corrected chi connectivity index (χ1v) is 7.41. The van der Waals surface area contributed by atoms with Crippen LogP contribution in [0.15, 0.2) is 29.2 Å². The fourth-order valence-corrected chi connectivity index (χ4v) is 2.32. The summed E-state index contributed by atoms with van der Waals surface area (Å²) in [6, 6.07) is 4.92. The van der Waals surface area contributed by atoms with Crippen LogP contribution in [0.4, 0.5) is 13.2 Å². The van der Waals surface area contributed by atoms with Gasteiger partial charge in [-0.25, -0.2) is 8.42 Å². The normalized spacial score (nSPS) is 12.7. The average Bonchev–Trinajstić information content (AvgIpc) is 2.33. The molecule has 0 aliphatic rings. The maximum Gasteiger partial charge on any atom is 0.502 e. The highest BCUT2D eigenvalue weighted by Gasteiger charge is 2.48. The van der Waals surface area contributed by atoms with E-state index in [4.69, 9.17) is 4.74 Å². The van der Waals surface area contributed by atoms with Crippen LogP contribution < -0.4 is 10.1 Å². The van der Waals surface area contributed by atoms with Crippen LogP contribution in [0.2, 0.25) is 0 Å². The van der Waals surface area contributed by atoms with Crippen molar-refractivity contribution in [3.63, 3.8) is 0 Å². The van der Waals surface area contributed by atoms with E-state index < -0.39 is 20.2 Å². The van der Waals surface area contributed by atoms with Crippen molar-refractivity contribution in [2.75, 3.05) is 13.2 Å². The van der Waals surface area contributed by atoms with E-state index in [2.05, 4.69) is 5.32 Å². The number of halogens is 3. The number of sulfone groups is 1. The van der Waals surface area contributed by atoms with E-state index >= 15 is 0 Å². The molecule has 0 unspecified atom stereocenters. The molecule has 0 radical (unpaired) electrons. The zero-order valence-corrected chi connectivity index (χ0v) is 11.9. The Labute approximate surface area is 115 Å². The van der Waals surface area contributed by atoms with E-state index in [-0.39, 0.29) is 18.4 Å². The molecular weight excluding hydrogens is 295 g/mol. The summed E-state index contributed by atoms with van der Waals surface area (Å²) in [5, 5.41) is 3.01. The van der Waals surface area contributed by atoms with Gasteiger partial charge in [0.05, 0.1) is 0 Å². The van der Waals surface area contributed by atoms with E-state index in [1.54, 1.807) is 0 Å². The molecule has 114 valence electrons. The zero-order chi connectivity index (χ0) is 15.4. The summed E-state index contributed by atoms with van der Waals surface area (Å²) in [6.07, 6.45) is 0. The Balaban J connectivity index is 2.90. The summed E-state index contributed by atoms with van der Waals surface area (Å²) in [4.78, 5) is -0.864. The number of hydrogen-bond acceptors (Lipinski definition) is 4. The monoisotopic (exact) mass is 311 g/mol. The molecule has 0 bridgehead atoms. The molecule has 0 atom stereocenters. The van der Waals surface area contributed by atoms with Gasteiger partial charge in [-0.2, -0.15) is 13.2 Å². The first-order valence-electron chi connectivity index (χ1n) is 5.93. The van der Waals surface area contributed by atoms with Crippen LogP contribution in [0.1, 0.15) is 13.8 Å². The Kier molecular flexibility index (Phi) is 5.41. The van der Waals surface area contributed by atoms with Crippen molar-refractivity contribution in [2.45, 2.75) is 30.3 Å². The number of para-hydroxylation sites is 1. The molecule has 1 aromatic rings. The van der Waals surface area contributed by atoms with Crippen molar-refractivity contribution < 1.29 is 26.3 Å². The molecular formula is C12H16F3NO3S. The molecule has 1 rings (SSSR count). The van der Waals surface area contributed by atoms with Crippen molar-refractivity contribution in [3.05, 3.63) is 24.3 Å². The number of benzene rings is 1. The van der Waals surface area contributed by atoms with Crippen molar-refractivity contribution in [1.82, 2.24) is 5.32 Å². The standard InChI is InChI=1S/C12H16F3NO3S/c1-9(2)16-7-8-19-10-5-3-4-6-11(10)20(17,18)12(13,14)15/h3-6,9,16H,7-8H2,1-2H3. The Morgan fingerprint density at radius 3 is 2.40 bits per heavy atom.